The lowest BCUT2D eigenvalue weighted by molar-refractivity contribution is 0.1000. The first-order chi connectivity index (χ1) is 10.8. The number of hydrogen-bond acceptors (Lipinski definition) is 2. The predicted octanol–water partition coefficient (Wildman–Crippen LogP) is 2.58. The highest BCUT2D eigenvalue weighted by molar-refractivity contribution is 6.30. The maximum Gasteiger partial charge on any atom is 0.322 e. The van der Waals surface area contributed by atoms with E-state index < -0.39 is 17.8 Å². The fourth-order valence-electron chi connectivity index (χ4n) is 2.02. The first-order valence-corrected chi connectivity index (χ1v) is 7.08. The van der Waals surface area contributed by atoms with E-state index >= 15 is 0 Å². The molecule has 6 nitrogen and oxygen atoms in total. The van der Waals surface area contributed by atoms with E-state index in [9.17, 15) is 14.0 Å². The zero-order valence-corrected chi connectivity index (χ0v) is 13.4. The van der Waals surface area contributed by atoms with Crippen molar-refractivity contribution in [3.8, 4) is 0 Å². The second-order valence-electron chi connectivity index (χ2n) is 5.11. The molecule has 0 aliphatic rings. The van der Waals surface area contributed by atoms with Crippen LogP contribution in [0, 0.1) is 5.82 Å². The number of primary amides is 1. The number of nitrogens with one attached hydrogen (secondary N) is 1. The Hall–Kier alpha value is -2.54. The summed E-state index contributed by atoms with van der Waals surface area (Å²) in [7, 11) is 3.39. The highest BCUT2D eigenvalue weighted by atomic mass is 35.5. The Morgan fingerprint density at radius 3 is 2.61 bits per heavy atom. The van der Waals surface area contributed by atoms with Crippen LogP contribution in [0.1, 0.15) is 16.1 Å². The van der Waals surface area contributed by atoms with Gasteiger partial charge in [-0.25, -0.2) is 9.18 Å². The third kappa shape index (κ3) is 4.01. The van der Waals surface area contributed by atoms with Crippen LogP contribution < -0.4 is 11.1 Å². The number of hydrogen-bond donors (Lipinski definition) is 2. The second-order valence-corrected chi connectivity index (χ2v) is 5.54. The van der Waals surface area contributed by atoms with Crippen LogP contribution in [0.25, 0.3) is 0 Å². The number of urea groups is 1. The van der Waals surface area contributed by atoms with Gasteiger partial charge in [0.15, 0.2) is 0 Å². The minimum Gasteiger partial charge on any atom is -0.366 e. The average molecular weight is 339 g/mol. The zero-order valence-electron chi connectivity index (χ0n) is 12.6. The molecule has 0 unspecified atom stereocenters. The Balaban J connectivity index is 2.06. The zero-order chi connectivity index (χ0) is 17.1. The standard InChI is InChI=1S/C15H16ClFN4O2/c1-20-7-10(16)6-11(20)8-21(2)15(23)19-13-4-3-9(14(18)22)5-12(13)17/h3-7H,8H2,1-2H3,(H2,18,22)(H,19,23). The summed E-state index contributed by atoms with van der Waals surface area (Å²) >= 11 is 5.89. The van der Waals surface area contributed by atoms with E-state index in [0.717, 1.165) is 11.8 Å². The molecule has 122 valence electrons. The molecule has 2 rings (SSSR count). The van der Waals surface area contributed by atoms with Crippen LogP contribution >= 0.6 is 11.6 Å². The van der Waals surface area contributed by atoms with Gasteiger partial charge in [-0.1, -0.05) is 11.6 Å². The molecule has 0 fully saturated rings. The number of carbonyl (C=O) groups is 2. The molecule has 3 N–H and O–H groups in total. The summed E-state index contributed by atoms with van der Waals surface area (Å²) in [5, 5.41) is 3.01. The third-order valence-electron chi connectivity index (χ3n) is 3.32. The van der Waals surface area contributed by atoms with E-state index in [4.69, 9.17) is 17.3 Å². The average Bonchev–Trinajstić information content (AvgIpc) is 2.78. The second kappa shape index (κ2) is 6.70. The van der Waals surface area contributed by atoms with Gasteiger partial charge in [-0.2, -0.15) is 0 Å². The molecule has 23 heavy (non-hydrogen) atoms. The molecule has 1 heterocycles. The van der Waals surface area contributed by atoms with Crippen molar-refractivity contribution in [2.24, 2.45) is 12.8 Å². The molecule has 0 aliphatic heterocycles. The molecule has 1 aromatic heterocycles. The van der Waals surface area contributed by atoms with Crippen LogP contribution in [0.15, 0.2) is 30.5 Å². The minimum atomic E-state index is -0.737. The van der Waals surface area contributed by atoms with Crippen LogP contribution in [0.4, 0.5) is 14.9 Å². The summed E-state index contributed by atoms with van der Waals surface area (Å²) in [4.78, 5) is 24.5. The van der Waals surface area contributed by atoms with Gasteiger partial charge in [0.2, 0.25) is 5.91 Å². The highest BCUT2D eigenvalue weighted by Crippen LogP contribution is 2.17. The number of aromatic nitrogens is 1. The van der Waals surface area contributed by atoms with Gasteiger partial charge < -0.3 is 20.5 Å². The third-order valence-corrected chi connectivity index (χ3v) is 3.52. The van der Waals surface area contributed by atoms with Crippen molar-refractivity contribution < 1.29 is 14.0 Å². The van der Waals surface area contributed by atoms with Gasteiger partial charge in [0.25, 0.3) is 0 Å². The number of amides is 3. The first kappa shape index (κ1) is 16.8. The summed E-state index contributed by atoms with van der Waals surface area (Å²) in [5.74, 6) is -1.47. The van der Waals surface area contributed by atoms with Crippen LogP contribution in [0.5, 0.6) is 0 Å². The van der Waals surface area contributed by atoms with Gasteiger partial charge in [-0.05, 0) is 24.3 Å². The van der Waals surface area contributed by atoms with Crippen LogP contribution in [-0.4, -0.2) is 28.5 Å². The fraction of sp³-hybridized carbons (Fsp3) is 0.200. The Bertz CT molecular complexity index is 760. The summed E-state index contributed by atoms with van der Waals surface area (Å²) < 4.78 is 15.7. The quantitative estimate of drug-likeness (QED) is 0.898. The number of halogens is 2. The molecule has 8 heteroatoms. The van der Waals surface area contributed by atoms with E-state index in [0.29, 0.717) is 11.6 Å². The Morgan fingerprint density at radius 1 is 1.39 bits per heavy atom. The van der Waals surface area contributed by atoms with Crippen molar-refractivity contribution in [1.29, 1.82) is 0 Å². The summed E-state index contributed by atoms with van der Waals surface area (Å²) in [6.45, 7) is 0.302. The number of nitrogens with two attached hydrogens (primary N) is 1. The SMILES string of the molecule is CN(Cc1cc(Cl)cn1C)C(=O)Nc1ccc(C(N)=O)cc1F. The molecule has 3 amide bonds. The molecule has 0 spiro atoms. The van der Waals surface area contributed by atoms with Gasteiger partial charge in [-0.3, -0.25) is 4.79 Å². The number of benzene rings is 1. The molecule has 0 radical (unpaired) electrons. The van der Waals surface area contributed by atoms with E-state index in [1.165, 1.54) is 17.0 Å². The van der Waals surface area contributed by atoms with Gasteiger partial charge in [0.05, 0.1) is 17.3 Å². The van der Waals surface area contributed by atoms with Crippen molar-refractivity contribution >= 4 is 29.2 Å². The molecule has 1 aromatic carbocycles. The predicted molar refractivity (Wildman–Crippen MR) is 85.8 cm³/mol. The minimum absolute atomic E-state index is 0.0308. The van der Waals surface area contributed by atoms with Crippen LogP contribution in [0.2, 0.25) is 5.02 Å². The lowest BCUT2D eigenvalue weighted by Gasteiger charge is -2.18. The lowest BCUT2D eigenvalue weighted by Crippen LogP contribution is -2.31. The van der Waals surface area contributed by atoms with Crippen molar-refractivity contribution in [3.05, 3.63) is 52.6 Å². The maximum absolute atomic E-state index is 13.9. The van der Waals surface area contributed by atoms with E-state index in [-0.39, 0.29) is 11.3 Å². The Kier molecular flexibility index (Phi) is 4.90. The van der Waals surface area contributed by atoms with Crippen LogP contribution in [0.3, 0.4) is 0 Å². The molecule has 0 aliphatic carbocycles. The fourth-order valence-corrected chi connectivity index (χ4v) is 2.29. The van der Waals surface area contributed by atoms with Crippen molar-refractivity contribution in [2.45, 2.75) is 6.54 Å². The molecular formula is C15H16ClFN4O2. The van der Waals surface area contributed by atoms with Gasteiger partial charge in [0, 0.05) is 31.5 Å². The van der Waals surface area contributed by atoms with E-state index in [2.05, 4.69) is 5.32 Å². The normalized spacial score (nSPS) is 10.4. The Morgan fingerprint density at radius 2 is 2.09 bits per heavy atom. The number of nitrogens with zero attached hydrogens (tertiary/aromatic N) is 2. The van der Waals surface area contributed by atoms with Crippen LogP contribution in [-0.2, 0) is 13.6 Å². The number of carbonyl (C=O) groups excluding carboxylic acids is 2. The van der Waals surface area contributed by atoms with Crippen molar-refractivity contribution in [1.82, 2.24) is 9.47 Å². The Labute approximate surface area is 137 Å². The summed E-state index contributed by atoms with van der Waals surface area (Å²) in [6.07, 6.45) is 1.73. The summed E-state index contributed by atoms with van der Waals surface area (Å²) in [6, 6.07) is 4.87. The van der Waals surface area contributed by atoms with Crippen molar-refractivity contribution in [3.63, 3.8) is 0 Å². The molecule has 0 atom stereocenters. The smallest absolute Gasteiger partial charge is 0.322 e. The van der Waals surface area contributed by atoms with Gasteiger partial charge in [0.1, 0.15) is 5.82 Å². The summed E-state index contributed by atoms with van der Waals surface area (Å²) in [5.41, 5.74) is 5.90. The molecule has 0 bridgehead atoms. The van der Waals surface area contributed by atoms with E-state index in [1.54, 1.807) is 23.9 Å². The highest BCUT2D eigenvalue weighted by Gasteiger charge is 2.14. The number of rotatable bonds is 4. The number of aryl methyl sites for hydroxylation is 1. The van der Waals surface area contributed by atoms with Gasteiger partial charge in [-0.15, -0.1) is 0 Å². The largest absolute Gasteiger partial charge is 0.366 e. The number of anilines is 1. The molecular weight excluding hydrogens is 323 g/mol. The lowest BCUT2D eigenvalue weighted by atomic mass is 10.2. The monoisotopic (exact) mass is 338 g/mol. The maximum atomic E-state index is 13.9. The van der Waals surface area contributed by atoms with Crippen molar-refractivity contribution in [2.75, 3.05) is 12.4 Å². The molecule has 0 saturated heterocycles. The van der Waals surface area contributed by atoms with E-state index in [1.807, 2.05) is 7.05 Å². The van der Waals surface area contributed by atoms with Gasteiger partial charge >= 0.3 is 6.03 Å². The topological polar surface area (TPSA) is 80.4 Å². The molecule has 0 saturated carbocycles. The first-order valence-electron chi connectivity index (χ1n) is 6.70. The molecule has 2 aromatic rings.